The van der Waals surface area contributed by atoms with Crippen LogP contribution in [-0.2, 0) is 17.5 Å². The second-order valence-corrected chi connectivity index (χ2v) is 91.1. The van der Waals surface area contributed by atoms with Gasteiger partial charge in [0.1, 0.15) is 0 Å². The summed E-state index contributed by atoms with van der Waals surface area (Å²) < 4.78 is 12.7. The molecule has 0 amide bonds. The molecule has 4 atom stereocenters. The molecule has 10 saturated heterocycles. The minimum absolute atomic E-state index is 0.825. The van der Waals surface area contributed by atoms with Gasteiger partial charge in [-0.15, -0.1) is 0 Å². The van der Waals surface area contributed by atoms with Gasteiger partial charge in [0.2, 0.25) is 0 Å². The molecule has 0 saturated carbocycles. The minimum atomic E-state index is -3.99. The average Bonchev–Trinajstić information content (AvgIpc) is 3.56. The third-order valence-electron chi connectivity index (χ3n) is 22.9. The van der Waals surface area contributed by atoms with Crippen molar-refractivity contribution >= 4 is 0 Å². The van der Waals surface area contributed by atoms with Crippen LogP contribution in [0.2, 0.25) is 29.4 Å². The van der Waals surface area contributed by atoms with E-state index in [1.807, 2.05) is 11.1 Å². The second-order valence-electron chi connectivity index (χ2n) is 15.6. The van der Waals surface area contributed by atoms with Crippen LogP contribution in [0.25, 0.3) is 0 Å². The maximum atomic E-state index is 2.57. The predicted octanol–water partition coefficient (Wildman–Crippen LogP) is 5.59. The van der Waals surface area contributed by atoms with Gasteiger partial charge in [-0.3, -0.25) is 0 Å². The van der Waals surface area contributed by atoms with Crippen molar-refractivity contribution in [2.45, 2.75) is 35.7 Å². The van der Waals surface area contributed by atoms with Gasteiger partial charge in [-0.05, 0) is 0 Å². The van der Waals surface area contributed by atoms with Gasteiger partial charge in [0.15, 0.2) is 0 Å². The summed E-state index contributed by atoms with van der Waals surface area (Å²) in [7, 11) is 0. The fraction of sp³-hybridized carbons (Fsp3) is 0.455. The molecule has 0 nitrogen and oxygen atoms in total. The summed E-state index contributed by atoms with van der Waals surface area (Å²) in [6, 6.07) is 24.2. The predicted molar refractivity (Wildman–Crippen MR) is 86.2 cm³/mol. The number of fused-ring (bicyclic) bond motifs is 10. The molecule has 0 N–H and O–H groups in total. The van der Waals surface area contributed by atoms with E-state index in [9.17, 15) is 0 Å². The molecule has 2 aromatic carbocycles. The van der Waals surface area contributed by atoms with Crippen LogP contribution in [0.5, 0.6) is 0 Å². The van der Waals surface area contributed by atoms with Crippen molar-refractivity contribution in [3.63, 3.8) is 0 Å². The van der Waals surface area contributed by atoms with Crippen molar-refractivity contribution in [3.05, 3.63) is 71.8 Å². The molecule has 1 spiro atoms. The van der Waals surface area contributed by atoms with Gasteiger partial charge < -0.3 is 0 Å². The van der Waals surface area contributed by atoms with Crippen molar-refractivity contribution in [1.82, 2.24) is 0 Å². The van der Waals surface area contributed by atoms with Crippen molar-refractivity contribution in [3.8, 4) is 0 Å². The average molecular weight is 461 g/mol. The Morgan fingerprint density at radius 1 is 0.522 bits per heavy atom. The summed E-state index contributed by atoms with van der Waals surface area (Å²) in [4.78, 5) is 0. The van der Waals surface area contributed by atoms with E-state index in [-0.39, 0.29) is 0 Å². The molecule has 12 rings (SSSR count). The van der Waals surface area contributed by atoms with Crippen molar-refractivity contribution in [1.29, 1.82) is 0 Å². The summed E-state index contributed by atoms with van der Waals surface area (Å²) >= 11 is -3.99. The van der Waals surface area contributed by atoms with Gasteiger partial charge in [0.25, 0.3) is 0 Å². The zero-order valence-corrected chi connectivity index (χ0v) is 16.5. The van der Waals surface area contributed by atoms with Crippen molar-refractivity contribution < 1.29 is 11.2 Å². The van der Waals surface area contributed by atoms with E-state index in [4.69, 9.17) is 0 Å². The number of rotatable bonds is 2. The first-order chi connectivity index (χ1) is 11.1. The van der Waals surface area contributed by atoms with Gasteiger partial charge in [-0.2, -0.15) is 0 Å². The Bertz CT molecular complexity index is 1330. The molecule has 4 unspecified atom stereocenters. The number of hydrogen-bond acceptors (Lipinski definition) is 0. The first-order valence-corrected chi connectivity index (χ1v) is 30.5. The molecule has 10 fully saturated rings. The van der Waals surface area contributed by atoms with Crippen LogP contribution in [0.15, 0.2) is 60.7 Å². The zero-order chi connectivity index (χ0) is 14.2. The molecule has 0 radical (unpaired) electrons. The molecule has 0 aromatic heterocycles. The van der Waals surface area contributed by atoms with Crippen LogP contribution in [0.1, 0.15) is 11.1 Å². The molecule has 2 aromatic rings. The maximum absolute atomic E-state index is 3.99. The summed E-state index contributed by atoms with van der Waals surface area (Å²) in [6.45, 7) is 0. The van der Waals surface area contributed by atoms with Crippen LogP contribution in [-0.4, -0.2) is 0 Å². The van der Waals surface area contributed by atoms with Crippen LogP contribution in [0.4, 0.5) is 0 Å². The third-order valence-corrected chi connectivity index (χ3v) is 162. The van der Waals surface area contributed by atoms with Gasteiger partial charge >= 0.3 is 119 Å². The van der Waals surface area contributed by atoms with E-state index in [2.05, 4.69) is 60.7 Å². The summed E-state index contributed by atoms with van der Waals surface area (Å²) in [5, 5.41) is 0. The van der Waals surface area contributed by atoms with Gasteiger partial charge in [0.05, 0.1) is 0 Å². The molecule has 1 heteroatoms. The van der Waals surface area contributed by atoms with Crippen molar-refractivity contribution in [2.24, 2.45) is 0 Å². The second kappa shape index (κ2) is 0.948. The normalized spacial score (nSPS) is 94.1. The van der Waals surface area contributed by atoms with E-state index in [1.165, 1.54) is 29.4 Å². The first-order valence-electron chi connectivity index (χ1n) is 10.3. The van der Waals surface area contributed by atoms with Gasteiger partial charge in [-0.1, -0.05) is 0 Å². The Morgan fingerprint density at radius 3 is 1.22 bits per heavy atom. The Hall–Kier alpha value is -0.690. The van der Waals surface area contributed by atoms with E-state index in [0.717, 1.165) is 6.34 Å². The van der Waals surface area contributed by atoms with Crippen LogP contribution >= 0.6 is 0 Å². The molecule has 10 aliphatic heterocycles. The third kappa shape index (κ3) is 0.123. The van der Waals surface area contributed by atoms with E-state index >= 15 is 0 Å². The molecule has 23 heavy (non-hydrogen) atoms. The molecule has 0 aliphatic carbocycles. The Kier molecular flexibility index (Phi) is 0.376. The van der Waals surface area contributed by atoms with Gasteiger partial charge in [-0.25, -0.2) is 0 Å². The molecule has 0 bridgehead atoms. The quantitative estimate of drug-likeness (QED) is 0.513. The van der Waals surface area contributed by atoms with E-state index in [0.29, 0.717) is 0 Å². The van der Waals surface area contributed by atoms with Crippen LogP contribution in [0, 0.1) is 0 Å². The zero-order valence-electron chi connectivity index (χ0n) is 12.9. The first kappa shape index (κ1) is 9.13. The SMILES string of the molecule is c1ccc([C]23[CH]4[CH]5[CH]6[C]2(c2ccccc2)[Hf]54632789[CH]3[CH]2[CH]7[CH]8[CH]39)cc1. The fourth-order valence-corrected chi connectivity index (χ4v) is 418. The standard InChI is InChI=1S/C17H13.C5H5.Hf/c1-3-8-14(9-4-1)16-12-7-13-17(16)15-10-5-2-6-11-15;1-2-4-5-3-1;/h1-13H;1-5H;. The number of benzene rings is 2. The summed E-state index contributed by atoms with van der Waals surface area (Å²) in [5.41, 5.74) is 3.71. The molecular formula is C22H18Hf. The summed E-state index contributed by atoms with van der Waals surface area (Å²) in [6.07, 6.45) is 0. The monoisotopic (exact) mass is 462 g/mol. The van der Waals surface area contributed by atoms with E-state index in [1.54, 1.807) is 0 Å². The van der Waals surface area contributed by atoms with Crippen molar-refractivity contribution in [2.75, 3.05) is 0 Å². The summed E-state index contributed by atoms with van der Waals surface area (Å²) in [5.74, 6) is 0. The van der Waals surface area contributed by atoms with E-state index < -0.39 is 11.2 Å². The number of hydrogen-bond donors (Lipinski definition) is 0. The fourth-order valence-electron chi connectivity index (χ4n) is 27.7. The molecule has 10 aliphatic rings. The Morgan fingerprint density at radius 2 is 0.913 bits per heavy atom. The molecular weight excluding hydrogens is 443 g/mol. The van der Waals surface area contributed by atoms with Gasteiger partial charge in [0, 0.05) is 0 Å². The molecule has 10 heterocycles. The Labute approximate surface area is 118 Å². The molecule has 110 valence electrons. The Balaban J connectivity index is 1.47. The topological polar surface area (TPSA) is 0 Å². The van der Waals surface area contributed by atoms with Crippen LogP contribution < -0.4 is 0 Å². The van der Waals surface area contributed by atoms with Crippen LogP contribution in [0.3, 0.4) is 0 Å².